The number of nitrogens with two attached hydrogens (primary N) is 1. The van der Waals surface area contributed by atoms with Gasteiger partial charge in [-0.2, -0.15) is 0 Å². The van der Waals surface area contributed by atoms with Crippen LogP contribution in [-0.2, 0) is 4.79 Å². The molecule has 5 heteroatoms. The van der Waals surface area contributed by atoms with Gasteiger partial charge in [0.25, 0.3) is 5.91 Å². The first-order valence-corrected chi connectivity index (χ1v) is 2.92. The zero-order valence-electron chi connectivity index (χ0n) is 5.60. The molecule has 56 valence electrons. The zero-order valence-corrected chi connectivity index (χ0v) is 5.60. The molecule has 1 atom stereocenters. The van der Waals surface area contributed by atoms with E-state index in [0.29, 0.717) is 0 Å². The largest absolute Gasteiger partial charge is 0.328 e. The summed E-state index contributed by atoms with van der Waals surface area (Å²) < 4.78 is 0. The van der Waals surface area contributed by atoms with Gasteiger partial charge >= 0.3 is 6.03 Å². The minimum atomic E-state index is -0.906. The van der Waals surface area contributed by atoms with Crippen molar-refractivity contribution in [1.29, 1.82) is 0 Å². The van der Waals surface area contributed by atoms with Crippen LogP contribution in [0.2, 0.25) is 0 Å². The summed E-state index contributed by atoms with van der Waals surface area (Å²) in [6, 6.07) is -0.474. The smallest absolute Gasteiger partial charge is 0.322 e. The number of imide groups is 1. The summed E-state index contributed by atoms with van der Waals surface area (Å²) in [6.45, 7) is 1.69. The normalized spacial score (nSPS) is 31.8. The van der Waals surface area contributed by atoms with Crippen LogP contribution < -0.4 is 16.4 Å². The highest BCUT2D eigenvalue weighted by Gasteiger charge is 2.40. The van der Waals surface area contributed by atoms with E-state index in [1.165, 1.54) is 0 Å². The maximum absolute atomic E-state index is 10.9. The predicted molar refractivity (Wildman–Crippen MR) is 34.1 cm³/mol. The zero-order chi connectivity index (χ0) is 7.78. The Balaban J connectivity index is 2.80. The third-order valence-corrected chi connectivity index (χ3v) is 1.53. The summed E-state index contributed by atoms with van der Waals surface area (Å²) in [7, 11) is 0. The number of hydrogen-bond acceptors (Lipinski definition) is 3. The quantitative estimate of drug-likeness (QED) is 0.392. The molecule has 0 saturated carbocycles. The van der Waals surface area contributed by atoms with Crippen molar-refractivity contribution in [1.82, 2.24) is 10.6 Å². The summed E-state index contributed by atoms with van der Waals surface area (Å²) >= 11 is 0. The first kappa shape index (κ1) is 7.01. The van der Waals surface area contributed by atoms with E-state index < -0.39 is 11.6 Å². The molecule has 0 aromatic carbocycles. The molecule has 10 heavy (non-hydrogen) atoms. The van der Waals surface area contributed by atoms with E-state index in [0.717, 1.165) is 0 Å². The van der Waals surface area contributed by atoms with Crippen LogP contribution in [0.5, 0.6) is 0 Å². The summed E-state index contributed by atoms with van der Waals surface area (Å²) in [4.78, 5) is 21.4. The van der Waals surface area contributed by atoms with Crippen molar-refractivity contribution in [2.75, 3.05) is 6.54 Å². The lowest BCUT2D eigenvalue weighted by Crippen LogP contribution is -2.49. The van der Waals surface area contributed by atoms with Crippen molar-refractivity contribution in [3.8, 4) is 0 Å². The van der Waals surface area contributed by atoms with Crippen LogP contribution in [0.3, 0.4) is 0 Å². The van der Waals surface area contributed by atoms with Gasteiger partial charge in [-0.15, -0.1) is 0 Å². The van der Waals surface area contributed by atoms with Crippen molar-refractivity contribution in [2.24, 2.45) is 5.73 Å². The van der Waals surface area contributed by atoms with Crippen LogP contribution in [0.1, 0.15) is 6.92 Å². The number of urea groups is 1. The molecular weight excluding hydrogens is 134 g/mol. The minimum absolute atomic E-state index is 0.116. The van der Waals surface area contributed by atoms with Gasteiger partial charge in [0, 0.05) is 6.54 Å². The van der Waals surface area contributed by atoms with Crippen LogP contribution in [0, 0.1) is 0 Å². The summed E-state index contributed by atoms with van der Waals surface area (Å²) in [5.41, 5.74) is 4.34. The molecule has 0 aliphatic carbocycles. The molecule has 0 bridgehead atoms. The lowest BCUT2D eigenvalue weighted by Gasteiger charge is -2.16. The molecule has 1 aliphatic heterocycles. The molecular formula is C5H9N3O2. The van der Waals surface area contributed by atoms with Crippen LogP contribution in [0.4, 0.5) is 4.79 Å². The van der Waals surface area contributed by atoms with Crippen molar-refractivity contribution in [2.45, 2.75) is 12.5 Å². The third kappa shape index (κ3) is 0.841. The lowest BCUT2D eigenvalue weighted by molar-refractivity contribution is -0.123. The maximum Gasteiger partial charge on any atom is 0.322 e. The monoisotopic (exact) mass is 143 g/mol. The number of carbonyl (C=O) groups is 2. The molecule has 0 aromatic heterocycles. The molecule has 1 aliphatic rings. The SMILES string of the molecule is C[C@]1(CN)NC(=O)NC1=O. The Morgan fingerprint density at radius 2 is 2.20 bits per heavy atom. The van der Waals surface area contributed by atoms with Crippen molar-refractivity contribution in [3.05, 3.63) is 0 Å². The van der Waals surface area contributed by atoms with E-state index in [4.69, 9.17) is 5.73 Å². The van der Waals surface area contributed by atoms with Gasteiger partial charge in [0.2, 0.25) is 0 Å². The molecule has 3 amide bonds. The predicted octanol–water partition coefficient (Wildman–Crippen LogP) is -1.46. The Hall–Kier alpha value is -1.10. The van der Waals surface area contributed by atoms with Gasteiger partial charge in [-0.1, -0.05) is 0 Å². The second-order valence-electron chi connectivity index (χ2n) is 2.44. The van der Waals surface area contributed by atoms with Gasteiger partial charge in [0.1, 0.15) is 5.54 Å². The third-order valence-electron chi connectivity index (χ3n) is 1.53. The van der Waals surface area contributed by atoms with Crippen LogP contribution in [0.15, 0.2) is 0 Å². The second-order valence-corrected chi connectivity index (χ2v) is 2.44. The molecule has 4 N–H and O–H groups in total. The van der Waals surface area contributed by atoms with E-state index in [-0.39, 0.29) is 12.5 Å². The molecule has 5 nitrogen and oxygen atoms in total. The van der Waals surface area contributed by atoms with Gasteiger partial charge in [0.05, 0.1) is 0 Å². The van der Waals surface area contributed by atoms with E-state index in [1.54, 1.807) is 6.92 Å². The first-order chi connectivity index (χ1) is 4.58. The number of amides is 3. The molecule has 1 rings (SSSR count). The van der Waals surface area contributed by atoms with E-state index >= 15 is 0 Å². The van der Waals surface area contributed by atoms with Gasteiger partial charge in [-0.25, -0.2) is 4.79 Å². The van der Waals surface area contributed by atoms with Crippen molar-refractivity contribution >= 4 is 11.9 Å². The van der Waals surface area contributed by atoms with Gasteiger partial charge in [-0.05, 0) is 6.92 Å². The fourth-order valence-electron chi connectivity index (χ4n) is 0.723. The van der Waals surface area contributed by atoms with Crippen molar-refractivity contribution < 1.29 is 9.59 Å². The Bertz CT molecular complexity index is 191. The highest BCUT2D eigenvalue weighted by atomic mass is 16.2. The summed E-state index contributed by atoms with van der Waals surface area (Å²) in [6.07, 6.45) is 0. The Morgan fingerprint density at radius 1 is 1.60 bits per heavy atom. The van der Waals surface area contributed by atoms with Crippen molar-refractivity contribution in [3.63, 3.8) is 0 Å². The lowest BCUT2D eigenvalue weighted by atomic mass is 10.0. The topological polar surface area (TPSA) is 84.2 Å². The van der Waals surface area contributed by atoms with E-state index in [2.05, 4.69) is 10.6 Å². The molecule has 0 spiro atoms. The highest BCUT2D eigenvalue weighted by Crippen LogP contribution is 2.05. The molecule has 1 fully saturated rings. The van der Waals surface area contributed by atoms with Crippen LogP contribution in [0.25, 0.3) is 0 Å². The Morgan fingerprint density at radius 3 is 2.40 bits per heavy atom. The van der Waals surface area contributed by atoms with Gasteiger partial charge in [-0.3, -0.25) is 10.1 Å². The maximum atomic E-state index is 10.9. The van der Waals surface area contributed by atoms with Crippen LogP contribution in [-0.4, -0.2) is 24.0 Å². The molecule has 0 unspecified atom stereocenters. The fraction of sp³-hybridized carbons (Fsp3) is 0.600. The molecule has 0 aromatic rings. The minimum Gasteiger partial charge on any atom is -0.328 e. The number of nitrogens with one attached hydrogen (secondary N) is 2. The Kier molecular flexibility index (Phi) is 1.37. The Labute approximate surface area is 58.0 Å². The number of hydrogen-bond donors (Lipinski definition) is 3. The molecule has 1 saturated heterocycles. The highest BCUT2D eigenvalue weighted by molar-refractivity contribution is 6.06. The first-order valence-electron chi connectivity index (χ1n) is 2.92. The average molecular weight is 143 g/mol. The van der Waals surface area contributed by atoms with E-state index in [9.17, 15) is 9.59 Å². The fourth-order valence-corrected chi connectivity index (χ4v) is 0.723. The second kappa shape index (κ2) is 1.95. The van der Waals surface area contributed by atoms with E-state index in [1.807, 2.05) is 0 Å². The number of carbonyl (C=O) groups excluding carboxylic acids is 2. The summed E-state index contributed by atoms with van der Waals surface area (Å²) in [5, 5.41) is 4.49. The van der Waals surface area contributed by atoms with Crippen LogP contribution >= 0.6 is 0 Å². The average Bonchev–Trinajstić information content (AvgIpc) is 2.09. The molecule has 1 heterocycles. The summed E-state index contributed by atoms with van der Waals surface area (Å²) in [5.74, 6) is -0.361. The standard InChI is InChI=1S/C5H9N3O2/c1-5(2-6)3(9)7-4(10)8-5/h2,6H2,1H3,(H2,7,8,9,10)/t5-/m1/s1. The van der Waals surface area contributed by atoms with Gasteiger partial charge < -0.3 is 11.1 Å². The van der Waals surface area contributed by atoms with Gasteiger partial charge in [0.15, 0.2) is 0 Å². The molecule has 0 radical (unpaired) electrons. The number of rotatable bonds is 1.